The summed E-state index contributed by atoms with van der Waals surface area (Å²) in [5, 5.41) is 12.7. The van der Waals surface area contributed by atoms with Gasteiger partial charge in [-0.05, 0) is 69.1 Å². The summed E-state index contributed by atoms with van der Waals surface area (Å²) < 4.78 is 40.4. The van der Waals surface area contributed by atoms with Crippen LogP contribution in [-0.4, -0.2) is 49.7 Å². The van der Waals surface area contributed by atoms with Crippen molar-refractivity contribution < 1.29 is 28.4 Å². The van der Waals surface area contributed by atoms with Gasteiger partial charge in [-0.2, -0.15) is 5.26 Å². The van der Waals surface area contributed by atoms with Gasteiger partial charge in [-0.25, -0.2) is 0 Å². The molecule has 6 atom stereocenters. The summed E-state index contributed by atoms with van der Waals surface area (Å²) in [6.07, 6.45) is 1.35. The van der Waals surface area contributed by atoms with E-state index in [0.29, 0.717) is 19.0 Å². The highest BCUT2D eigenvalue weighted by atomic mass is 127. The van der Waals surface area contributed by atoms with Gasteiger partial charge in [0.2, 0.25) is 0 Å². The normalized spacial score (nSPS) is 25.9. The maximum atomic E-state index is 10.5. The highest BCUT2D eigenvalue weighted by molar-refractivity contribution is 14.1. The third-order valence-electron chi connectivity index (χ3n) is 8.51. The van der Waals surface area contributed by atoms with Gasteiger partial charge in [-0.3, -0.25) is 0 Å². The molecule has 0 aliphatic carbocycles. The number of unbranched alkanes of at least 4 members (excludes halogenated alkanes) is 3. The quantitative estimate of drug-likeness (QED) is 0.102. The lowest BCUT2D eigenvalue weighted by atomic mass is 9.95. The standard InChI is InChI=1S/C38H40INO6/c1-2-3-4-12-21-41-37-36(42-24-27-13-6-5-7-14-27)35(44-31-20-19-28-15-8-9-16-29(28)22-31)34-33(45-37)25-43-38(26-40,46-34)23-30-17-10-11-18-32(30)39/h5-11,13-20,22,33-37H,2-4,12,21,23-25H2,1H3/t33-,34-,35+,36+,37-,38?/m1/s1. The molecule has 0 N–H and O–H groups in total. The fraction of sp³-hybridized carbons (Fsp3) is 0.395. The van der Waals surface area contributed by atoms with Crippen LogP contribution in [0.2, 0.25) is 0 Å². The number of fused-ring (bicyclic) bond motifs is 2. The monoisotopic (exact) mass is 733 g/mol. The molecule has 2 heterocycles. The Balaban J connectivity index is 1.33. The molecule has 4 aromatic carbocycles. The first-order valence-electron chi connectivity index (χ1n) is 16.1. The van der Waals surface area contributed by atoms with Crippen LogP contribution in [0.15, 0.2) is 97.1 Å². The Morgan fingerprint density at radius 3 is 2.46 bits per heavy atom. The van der Waals surface area contributed by atoms with Crippen LogP contribution < -0.4 is 4.74 Å². The first-order chi connectivity index (χ1) is 22.6. The summed E-state index contributed by atoms with van der Waals surface area (Å²) in [7, 11) is 0. The molecule has 0 aromatic heterocycles. The summed E-state index contributed by atoms with van der Waals surface area (Å²) in [5.74, 6) is -0.844. The summed E-state index contributed by atoms with van der Waals surface area (Å²) in [4.78, 5) is 0. The number of nitriles is 1. The van der Waals surface area contributed by atoms with Crippen LogP contribution >= 0.6 is 22.6 Å². The molecule has 4 aromatic rings. The maximum Gasteiger partial charge on any atom is 0.264 e. The van der Waals surface area contributed by atoms with Gasteiger partial charge in [0, 0.05) is 16.6 Å². The molecule has 0 bridgehead atoms. The molecular weight excluding hydrogens is 693 g/mol. The summed E-state index contributed by atoms with van der Waals surface area (Å²) in [5.41, 5.74) is 1.99. The largest absolute Gasteiger partial charge is 0.485 e. The number of ether oxygens (including phenoxy) is 6. The van der Waals surface area contributed by atoms with Crippen LogP contribution in [0.25, 0.3) is 10.8 Å². The van der Waals surface area contributed by atoms with Crippen LogP contribution in [0.1, 0.15) is 43.7 Å². The minimum absolute atomic E-state index is 0.153. The van der Waals surface area contributed by atoms with Crippen LogP contribution in [0.4, 0.5) is 0 Å². The van der Waals surface area contributed by atoms with E-state index in [4.69, 9.17) is 28.4 Å². The molecule has 2 aliphatic rings. The Labute approximate surface area is 284 Å². The summed E-state index contributed by atoms with van der Waals surface area (Å²) in [6.45, 7) is 3.21. The van der Waals surface area contributed by atoms with Crippen molar-refractivity contribution in [2.45, 2.75) is 82.1 Å². The van der Waals surface area contributed by atoms with Crippen molar-refractivity contribution in [2.24, 2.45) is 0 Å². The molecule has 2 aliphatic heterocycles. The average Bonchev–Trinajstić information content (AvgIpc) is 3.09. The SMILES string of the molecule is CCCCCCO[C@@H]1O[C@@H]2COC(C#N)(Cc3ccccc3I)O[C@H]2[C@H](Oc2ccc3ccccc3c2)[C@@H]1OCc1ccccc1. The van der Waals surface area contributed by atoms with Crippen molar-refractivity contribution in [1.82, 2.24) is 0 Å². The highest BCUT2D eigenvalue weighted by Gasteiger charge is 2.56. The van der Waals surface area contributed by atoms with Gasteiger partial charge in [0.05, 0.1) is 13.2 Å². The average molecular weight is 734 g/mol. The first-order valence-corrected chi connectivity index (χ1v) is 17.2. The second-order valence-corrected chi connectivity index (χ2v) is 13.0. The summed E-state index contributed by atoms with van der Waals surface area (Å²) >= 11 is 2.28. The number of nitrogens with zero attached hydrogens (tertiary/aromatic N) is 1. The van der Waals surface area contributed by atoms with Crippen LogP contribution in [-0.2, 0) is 36.7 Å². The molecule has 0 saturated carbocycles. The zero-order valence-corrected chi connectivity index (χ0v) is 28.2. The van der Waals surface area contributed by atoms with E-state index in [1.807, 2.05) is 84.9 Å². The van der Waals surface area contributed by atoms with Crippen molar-refractivity contribution in [3.63, 3.8) is 0 Å². The van der Waals surface area contributed by atoms with Crippen molar-refractivity contribution in [3.05, 3.63) is 112 Å². The lowest BCUT2D eigenvalue weighted by Crippen LogP contribution is -2.67. The van der Waals surface area contributed by atoms with Crippen molar-refractivity contribution >= 4 is 33.4 Å². The van der Waals surface area contributed by atoms with Gasteiger partial charge in [0.15, 0.2) is 12.4 Å². The Morgan fingerprint density at radius 2 is 1.65 bits per heavy atom. The van der Waals surface area contributed by atoms with Crippen molar-refractivity contribution in [3.8, 4) is 11.8 Å². The number of rotatable bonds is 13. The molecule has 240 valence electrons. The highest BCUT2D eigenvalue weighted by Crippen LogP contribution is 2.38. The van der Waals surface area contributed by atoms with Crippen LogP contribution in [0.5, 0.6) is 5.75 Å². The lowest BCUT2D eigenvalue weighted by molar-refractivity contribution is -0.378. The smallest absolute Gasteiger partial charge is 0.264 e. The molecule has 0 amide bonds. The zero-order valence-electron chi connectivity index (χ0n) is 26.1. The molecular formula is C38H40INO6. The molecule has 46 heavy (non-hydrogen) atoms. The third kappa shape index (κ3) is 7.91. The third-order valence-corrected chi connectivity index (χ3v) is 9.56. The van der Waals surface area contributed by atoms with E-state index in [9.17, 15) is 5.26 Å². The van der Waals surface area contributed by atoms with E-state index in [1.165, 1.54) is 0 Å². The number of benzene rings is 4. The minimum Gasteiger partial charge on any atom is -0.485 e. The fourth-order valence-electron chi connectivity index (χ4n) is 6.05. The molecule has 2 saturated heterocycles. The van der Waals surface area contributed by atoms with Gasteiger partial charge in [0.1, 0.15) is 30.1 Å². The first kappa shape index (κ1) is 32.9. The number of halogens is 1. The van der Waals surface area contributed by atoms with Gasteiger partial charge >= 0.3 is 0 Å². The zero-order chi connectivity index (χ0) is 31.8. The predicted molar refractivity (Wildman–Crippen MR) is 184 cm³/mol. The Bertz CT molecular complexity index is 1610. The minimum atomic E-state index is -1.52. The topological polar surface area (TPSA) is 79.2 Å². The van der Waals surface area contributed by atoms with Crippen molar-refractivity contribution in [2.75, 3.05) is 13.2 Å². The molecule has 7 nitrogen and oxygen atoms in total. The maximum absolute atomic E-state index is 10.5. The van der Waals surface area contributed by atoms with E-state index in [-0.39, 0.29) is 13.0 Å². The molecule has 8 heteroatoms. The van der Waals surface area contributed by atoms with Gasteiger partial charge in [-0.15, -0.1) is 0 Å². The Hall–Kier alpha value is -3.04. The Kier molecular flexibility index (Phi) is 11.2. The molecule has 0 spiro atoms. The van der Waals surface area contributed by atoms with E-state index >= 15 is 0 Å². The predicted octanol–water partition coefficient (Wildman–Crippen LogP) is 7.98. The van der Waals surface area contributed by atoms with Crippen LogP contribution in [0.3, 0.4) is 0 Å². The second kappa shape index (κ2) is 15.7. The van der Waals surface area contributed by atoms with Crippen molar-refractivity contribution in [1.29, 1.82) is 5.26 Å². The van der Waals surface area contributed by atoms with Crippen LogP contribution in [0, 0.1) is 14.9 Å². The molecule has 1 unspecified atom stereocenters. The molecule has 6 rings (SSSR count). The van der Waals surface area contributed by atoms with E-state index in [0.717, 1.165) is 51.2 Å². The Morgan fingerprint density at radius 1 is 0.870 bits per heavy atom. The van der Waals surface area contributed by atoms with Gasteiger partial charge < -0.3 is 28.4 Å². The second-order valence-electron chi connectivity index (χ2n) is 11.9. The number of hydrogen-bond acceptors (Lipinski definition) is 7. The molecule has 2 fully saturated rings. The van der Waals surface area contributed by atoms with E-state index in [2.05, 4.69) is 47.7 Å². The van der Waals surface area contributed by atoms with Gasteiger partial charge in [0.25, 0.3) is 5.79 Å². The molecule has 0 radical (unpaired) electrons. The lowest BCUT2D eigenvalue weighted by Gasteiger charge is -2.50. The number of hydrogen-bond donors (Lipinski definition) is 0. The van der Waals surface area contributed by atoms with Gasteiger partial charge in [-0.1, -0.05) is 105 Å². The van der Waals surface area contributed by atoms with E-state index in [1.54, 1.807) is 0 Å². The fourth-order valence-corrected chi connectivity index (χ4v) is 6.62. The summed E-state index contributed by atoms with van der Waals surface area (Å²) in [6, 6.07) is 34.5. The van der Waals surface area contributed by atoms with E-state index < -0.39 is 36.5 Å².